The van der Waals surface area contributed by atoms with Crippen LogP contribution in [-0.2, 0) is 5.41 Å². The van der Waals surface area contributed by atoms with Crippen LogP contribution in [-0.4, -0.2) is 38.9 Å². The summed E-state index contributed by atoms with van der Waals surface area (Å²) in [6, 6.07) is 15.0. The molecule has 1 heterocycles. The molecule has 0 atom stereocenters. The second kappa shape index (κ2) is 9.34. The fourth-order valence-electron chi connectivity index (χ4n) is 4.53. The molecule has 7 heteroatoms. The number of ether oxygens (including phenoxy) is 3. The molecule has 3 aromatic rings. The number of carbonyl (C=O) groups excluding carboxylic acids is 1. The fourth-order valence-corrected chi connectivity index (χ4v) is 4.53. The summed E-state index contributed by atoms with van der Waals surface area (Å²) in [4.78, 5) is 12.9. The Morgan fingerprint density at radius 1 is 1.00 bits per heavy atom. The maximum absolute atomic E-state index is 12.9. The van der Waals surface area contributed by atoms with Gasteiger partial charge in [-0.25, -0.2) is 0 Å². The minimum absolute atomic E-state index is 0.148. The molecule has 0 bridgehead atoms. The number of methoxy groups -OCH3 is 3. The van der Waals surface area contributed by atoms with E-state index >= 15 is 0 Å². The average molecular weight is 437 g/mol. The van der Waals surface area contributed by atoms with Crippen molar-refractivity contribution in [3.8, 4) is 28.6 Å². The summed E-state index contributed by atoms with van der Waals surface area (Å²) in [7, 11) is 4.85. The average Bonchev–Trinajstić information content (AvgIpc) is 3.53. The van der Waals surface area contributed by atoms with E-state index in [1.807, 2.05) is 18.2 Å². The molecular weight excluding hydrogens is 408 g/mol. The van der Waals surface area contributed by atoms with E-state index in [0.717, 1.165) is 37.0 Å². The standard InChI is InChI=1S/C25H28N2O5/c1-29-17-10-11-21(30-2)18(14-17)23-15-20(27-32-23)24(28)26-16-25(12-6-7-13-25)19-8-4-5-9-22(19)31-3/h4-5,8-11,14-15H,6-7,12-13,16H2,1-3H3,(H,26,28). The van der Waals surface area contributed by atoms with Crippen molar-refractivity contribution in [3.05, 3.63) is 59.8 Å². The van der Waals surface area contributed by atoms with E-state index in [9.17, 15) is 4.79 Å². The molecule has 0 aliphatic heterocycles. The number of hydrogen-bond donors (Lipinski definition) is 1. The predicted octanol–water partition coefficient (Wildman–Crippen LogP) is 4.61. The van der Waals surface area contributed by atoms with Gasteiger partial charge in [0.2, 0.25) is 0 Å². The summed E-state index contributed by atoms with van der Waals surface area (Å²) in [5.74, 6) is 2.28. The molecular formula is C25H28N2O5. The SMILES string of the molecule is COc1ccc(OC)c(-c2cc(C(=O)NCC3(c4ccccc4OC)CCCC3)no2)c1. The second-order valence-electron chi connectivity index (χ2n) is 8.01. The molecule has 1 amide bonds. The number of benzene rings is 2. The quantitative estimate of drug-likeness (QED) is 0.555. The number of carbonyl (C=O) groups is 1. The summed E-state index contributed by atoms with van der Waals surface area (Å²) in [6.45, 7) is 0.511. The van der Waals surface area contributed by atoms with Gasteiger partial charge in [0.05, 0.1) is 26.9 Å². The van der Waals surface area contributed by atoms with Crippen molar-refractivity contribution in [2.24, 2.45) is 0 Å². The largest absolute Gasteiger partial charge is 0.497 e. The van der Waals surface area contributed by atoms with Gasteiger partial charge in [0.25, 0.3) is 5.91 Å². The monoisotopic (exact) mass is 436 g/mol. The summed E-state index contributed by atoms with van der Waals surface area (Å²) >= 11 is 0. The van der Waals surface area contributed by atoms with Crippen LogP contribution in [0.25, 0.3) is 11.3 Å². The molecule has 0 saturated heterocycles. The normalized spacial score (nSPS) is 14.7. The van der Waals surface area contributed by atoms with E-state index in [1.165, 1.54) is 0 Å². The maximum atomic E-state index is 12.9. The third-order valence-electron chi connectivity index (χ3n) is 6.24. The molecule has 1 saturated carbocycles. The Hall–Kier alpha value is -3.48. The lowest BCUT2D eigenvalue weighted by molar-refractivity contribution is 0.0933. The zero-order valence-corrected chi connectivity index (χ0v) is 18.6. The first kappa shape index (κ1) is 21.7. The van der Waals surface area contributed by atoms with E-state index in [1.54, 1.807) is 45.6 Å². The van der Waals surface area contributed by atoms with E-state index < -0.39 is 0 Å². The van der Waals surface area contributed by atoms with Crippen molar-refractivity contribution in [1.82, 2.24) is 10.5 Å². The van der Waals surface area contributed by atoms with E-state index in [0.29, 0.717) is 29.4 Å². The van der Waals surface area contributed by atoms with Crippen molar-refractivity contribution in [3.63, 3.8) is 0 Å². The van der Waals surface area contributed by atoms with Crippen molar-refractivity contribution in [2.75, 3.05) is 27.9 Å². The summed E-state index contributed by atoms with van der Waals surface area (Å²) in [6.07, 6.45) is 4.24. The molecule has 32 heavy (non-hydrogen) atoms. The molecule has 1 aliphatic carbocycles. The van der Waals surface area contributed by atoms with E-state index in [4.69, 9.17) is 18.7 Å². The van der Waals surface area contributed by atoms with Gasteiger partial charge in [-0.3, -0.25) is 4.79 Å². The van der Waals surface area contributed by atoms with Gasteiger partial charge in [-0.15, -0.1) is 0 Å². The number of rotatable bonds is 8. The van der Waals surface area contributed by atoms with Gasteiger partial charge < -0.3 is 24.1 Å². The molecule has 7 nitrogen and oxygen atoms in total. The number of para-hydroxylation sites is 1. The topological polar surface area (TPSA) is 82.8 Å². The van der Waals surface area contributed by atoms with Gasteiger partial charge in [-0.2, -0.15) is 0 Å². The van der Waals surface area contributed by atoms with Crippen molar-refractivity contribution in [2.45, 2.75) is 31.1 Å². The van der Waals surface area contributed by atoms with E-state index in [-0.39, 0.29) is 17.0 Å². The van der Waals surface area contributed by atoms with Crippen molar-refractivity contribution in [1.29, 1.82) is 0 Å². The van der Waals surface area contributed by atoms with Crippen molar-refractivity contribution < 1.29 is 23.5 Å². The lowest BCUT2D eigenvalue weighted by Crippen LogP contribution is -2.39. The van der Waals surface area contributed by atoms with Crippen LogP contribution in [0, 0.1) is 0 Å². The lowest BCUT2D eigenvalue weighted by Gasteiger charge is -2.31. The minimum atomic E-state index is -0.275. The third kappa shape index (κ3) is 4.15. The molecule has 0 unspecified atom stereocenters. The van der Waals surface area contributed by atoms with Crippen LogP contribution in [0.3, 0.4) is 0 Å². The Labute approximate surface area is 187 Å². The molecule has 0 radical (unpaired) electrons. The Morgan fingerprint density at radius 3 is 2.47 bits per heavy atom. The van der Waals surface area contributed by atoms with Crippen molar-refractivity contribution >= 4 is 5.91 Å². The molecule has 1 aliphatic rings. The highest BCUT2D eigenvalue weighted by atomic mass is 16.5. The molecule has 1 aromatic heterocycles. The summed E-state index contributed by atoms with van der Waals surface area (Å²) in [5.41, 5.74) is 1.88. The predicted molar refractivity (Wildman–Crippen MR) is 121 cm³/mol. The van der Waals surface area contributed by atoms with Gasteiger partial charge in [-0.1, -0.05) is 36.2 Å². The number of aromatic nitrogens is 1. The minimum Gasteiger partial charge on any atom is -0.497 e. The van der Waals surface area contributed by atoms with Crippen LogP contribution in [0.1, 0.15) is 41.7 Å². The summed E-state index contributed by atoms with van der Waals surface area (Å²) < 4.78 is 21.8. The number of hydrogen-bond acceptors (Lipinski definition) is 6. The zero-order chi connectivity index (χ0) is 22.6. The highest BCUT2D eigenvalue weighted by Crippen LogP contribution is 2.44. The maximum Gasteiger partial charge on any atom is 0.273 e. The van der Waals surface area contributed by atoms with Crippen LogP contribution in [0.2, 0.25) is 0 Å². The van der Waals surface area contributed by atoms with E-state index in [2.05, 4.69) is 16.5 Å². The molecule has 1 N–H and O–H groups in total. The molecule has 4 rings (SSSR count). The third-order valence-corrected chi connectivity index (χ3v) is 6.24. The van der Waals surface area contributed by atoms with Gasteiger partial charge in [-0.05, 0) is 37.1 Å². The van der Waals surface area contributed by atoms with Gasteiger partial charge in [0.15, 0.2) is 11.5 Å². The van der Waals surface area contributed by atoms with Gasteiger partial charge in [0.1, 0.15) is 17.2 Å². The van der Waals surface area contributed by atoms with Gasteiger partial charge >= 0.3 is 0 Å². The van der Waals surface area contributed by atoms with Crippen LogP contribution < -0.4 is 19.5 Å². The Bertz CT molecular complexity index is 1090. The first-order valence-electron chi connectivity index (χ1n) is 10.7. The Kier molecular flexibility index (Phi) is 6.35. The van der Waals surface area contributed by atoms with Gasteiger partial charge in [0, 0.05) is 23.6 Å². The Morgan fingerprint density at radius 2 is 1.75 bits per heavy atom. The lowest BCUT2D eigenvalue weighted by atomic mass is 9.78. The highest BCUT2D eigenvalue weighted by molar-refractivity contribution is 5.93. The van der Waals surface area contributed by atoms with Crippen LogP contribution in [0.15, 0.2) is 53.1 Å². The smallest absolute Gasteiger partial charge is 0.273 e. The fraction of sp³-hybridized carbons (Fsp3) is 0.360. The number of amides is 1. The molecule has 168 valence electrons. The zero-order valence-electron chi connectivity index (χ0n) is 18.6. The van der Waals surface area contributed by atoms with Crippen LogP contribution in [0.5, 0.6) is 17.2 Å². The first-order chi connectivity index (χ1) is 15.6. The molecule has 2 aromatic carbocycles. The second-order valence-corrected chi connectivity index (χ2v) is 8.01. The number of nitrogens with zero attached hydrogens (tertiary/aromatic N) is 1. The molecule has 0 spiro atoms. The van der Waals surface area contributed by atoms with Crippen LogP contribution in [0.4, 0.5) is 0 Å². The molecule has 1 fully saturated rings. The van der Waals surface area contributed by atoms with Crippen LogP contribution >= 0.6 is 0 Å². The Balaban J connectivity index is 1.53. The number of nitrogens with one attached hydrogen (secondary N) is 1. The summed E-state index contributed by atoms with van der Waals surface area (Å²) in [5, 5.41) is 7.06. The highest BCUT2D eigenvalue weighted by Gasteiger charge is 2.38. The first-order valence-corrected chi connectivity index (χ1v) is 10.7.